The fourth-order valence-electron chi connectivity index (χ4n) is 3.88. The molecule has 3 atom stereocenters. The van der Waals surface area contributed by atoms with Gasteiger partial charge in [0.2, 0.25) is 5.91 Å². The Morgan fingerprint density at radius 1 is 1.29 bits per heavy atom. The van der Waals surface area contributed by atoms with E-state index in [9.17, 15) is 13.6 Å². The van der Waals surface area contributed by atoms with Gasteiger partial charge in [0.05, 0.1) is 12.7 Å². The third kappa shape index (κ3) is 2.82. The minimum Gasteiger partial charge on any atom is -0.347 e. The van der Waals surface area contributed by atoms with Gasteiger partial charge in [0.1, 0.15) is 11.6 Å². The second kappa shape index (κ2) is 5.77. The minimum atomic E-state index is -0.534. The number of piperidine rings is 1. The maximum Gasteiger partial charge on any atom is 0.226 e. The molecule has 1 saturated carbocycles. The quantitative estimate of drug-likeness (QED) is 0.833. The van der Waals surface area contributed by atoms with Crippen LogP contribution in [0.25, 0.3) is 0 Å². The van der Waals surface area contributed by atoms with Crippen molar-refractivity contribution in [2.75, 3.05) is 19.7 Å². The Kier molecular flexibility index (Phi) is 3.84. The first-order chi connectivity index (χ1) is 11.5. The molecule has 0 bridgehead atoms. The van der Waals surface area contributed by atoms with Gasteiger partial charge < -0.3 is 14.4 Å². The monoisotopic (exact) mass is 337 g/mol. The Bertz CT molecular complexity index is 658. The largest absolute Gasteiger partial charge is 0.347 e. The predicted octanol–water partition coefficient (Wildman–Crippen LogP) is 2.82. The third-order valence-electron chi connectivity index (χ3n) is 5.30. The van der Waals surface area contributed by atoms with E-state index in [4.69, 9.17) is 9.47 Å². The zero-order chi connectivity index (χ0) is 16.9. The van der Waals surface area contributed by atoms with Gasteiger partial charge in [-0.05, 0) is 43.0 Å². The van der Waals surface area contributed by atoms with Crippen LogP contribution < -0.4 is 0 Å². The molecular weight excluding hydrogens is 316 g/mol. The summed E-state index contributed by atoms with van der Waals surface area (Å²) in [6, 6.07) is 3.44. The number of hydrogen-bond donors (Lipinski definition) is 0. The zero-order valence-electron chi connectivity index (χ0n) is 13.6. The molecule has 1 amide bonds. The molecule has 2 aliphatic heterocycles. The van der Waals surface area contributed by atoms with E-state index in [1.54, 1.807) is 0 Å². The van der Waals surface area contributed by atoms with Crippen molar-refractivity contribution in [2.24, 2.45) is 5.92 Å². The van der Waals surface area contributed by atoms with Crippen LogP contribution in [-0.2, 0) is 14.3 Å². The van der Waals surface area contributed by atoms with E-state index in [1.165, 1.54) is 6.07 Å². The molecule has 0 radical (unpaired) electrons. The molecular formula is C18H21F2NO3. The fraction of sp³-hybridized carbons (Fsp3) is 0.611. The highest BCUT2D eigenvalue weighted by Crippen LogP contribution is 2.50. The SMILES string of the molecule is CC1COC2(CCN(C(=O)C3CC3c3cc(F)ccc3F)CC2)O1. The molecule has 3 fully saturated rings. The fourth-order valence-corrected chi connectivity index (χ4v) is 3.88. The molecule has 1 aromatic carbocycles. The highest BCUT2D eigenvalue weighted by molar-refractivity contribution is 5.83. The van der Waals surface area contributed by atoms with E-state index in [-0.39, 0.29) is 23.8 Å². The standard InChI is InChI=1S/C18H21F2NO3/c1-11-10-23-18(24-11)4-6-21(7-5-18)17(22)15-9-13(15)14-8-12(19)2-3-16(14)20/h2-3,8,11,13,15H,4-7,9-10H2,1H3. The highest BCUT2D eigenvalue weighted by Gasteiger charge is 2.49. The second-order valence-corrected chi connectivity index (χ2v) is 7.09. The van der Waals surface area contributed by atoms with Crippen LogP contribution in [0.3, 0.4) is 0 Å². The Morgan fingerprint density at radius 2 is 2.04 bits per heavy atom. The predicted molar refractivity (Wildman–Crippen MR) is 82.3 cm³/mol. The van der Waals surface area contributed by atoms with Gasteiger partial charge in [-0.3, -0.25) is 4.79 Å². The van der Waals surface area contributed by atoms with E-state index < -0.39 is 17.4 Å². The van der Waals surface area contributed by atoms with Gasteiger partial charge in [-0.1, -0.05) is 0 Å². The molecule has 1 spiro atoms. The van der Waals surface area contributed by atoms with Gasteiger partial charge in [-0.15, -0.1) is 0 Å². The molecule has 4 nitrogen and oxygen atoms in total. The molecule has 130 valence electrons. The summed E-state index contributed by atoms with van der Waals surface area (Å²) in [4.78, 5) is 14.4. The molecule has 0 aromatic heterocycles. The van der Waals surface area contributed by atoms with Crippen molar-refractivity contribution in [1.29, 1.82) is 0 Å². The highest BCUT2D eigenvalue weighted by atomic mass is 19.1. The van der Waals surface area contributed by atoms with E-state index in [0.717, 1.165) is 12.1 Å². The number of amides is 1. The summed E-state index contributed by atoms with van der Waals surface area (Å²) in [5, 5.41) is 0. The van der Waals surface area contributed by atoms with Gasteiger partial charge in [0.15, 0.2) is 5.79 Å². The lowest BCUT2D eigenvalue weighted by molar-refractivity contribution is -0.195. The first-order valence-electron chi connectivity index (χ1n) is 8.53. The van der Waals surface area contributed by atoms with Crippen molar-refractivity contribution in [3.63, 3.8) is 0 Å². The number of likely N-dealkylation sites (tertiary alicyclic amines) is 1. The van der Waals surface area contributed by atoms with Crippen LogP contribution in [0.4, 0.5) is 8.78 Å². The summed E-state index contributed by atoms with van der Waals surface area (Å²) >= 11 is 0. The first-order valence-corrected chi connectivity index (χ1v) is 8.53. The summed E-state index contributed by atoms with van der Waals surface area (Å²) < 4.78 is 38.8. The molecule has 24 heavy (non-hydrogen) atoms. The Labute approximate surface area is 139 Å². The summed E-state index contributed by atoms with van der Waals surface area (Å²) in [5.74, 6) is -1.84. The minimum absolute atomic E-state index is 0.0320. The number of rotatable bonds is 2. The van der Waals surface area contributed by atoms with Crippen LogP contribution in [0.1, 0.15) is 37.7 Å². The summed E-state index contributed by atoms with van der Waals surface area (Å²) in [5.41, 5.74) is 0.318. The number of nitrogens with zero attached hydrogens (tertiary/aromatic N) is 1. The molecule has 6 heteroatoms. The van der Waals surface area contributed by atoms with Crippen molar-refractivity contribution in [2.45, 2.75) is 44.0 Å². The average Bonchev–Trinajstić information content (AvgIpc) is 3.28. The van der Waals surface area contributed by atoms with Crippen LogP contribution in [-0.4, -0.2) is 42.4 Å². The number of benzene rings is 1. The Hall–Kier alpha value is -1.53. The third-order valence-corrected chi connectivity index (χ3v) is 5.30. The van der Waals surface area contributed by atoms with Crippen molar-refractivity contribution >= 4 is 5.91 Å². The normalized spacial score (nSPS) is 31.5. The molecule has 4 rings (SSSR count). The Morgan fingerprint density at radius 3 is 2.71 bits per heavy atom. The molecule has 2 heterocycles. The summed E-state index contributed by atoms with van der Waals surface area (Å²) in [6.45, 7) is 3.74. The lowest BCUT2D eigenvalue weighted by atomic mass is 10.0. The molecule has 3 aliphatic rings. The lowest BCUT2D eigenvalue weighted by Crippen LogP contribution is -2.48. The van der Waals surface area contributed by atoms with E-state index in [1.807, 2.05) is 11.8 Å². The van der Waals surface area contributed by atoms with Crippen LogP contribution in [0, 0.1) is 17.6 Å². The summed E-state index contributed by atoms with van der Waals surface area (Å²) in [6.07, 6.45) is 2.00. The number of carbonyl (C=O) groups excluding carboxylic acids is 1. The maximum atomic E-state index is 13.9. The van der Waals surface area contributed by atoms with Gasteiger partial charge >= 0.3 is 0 Å². The van der Waals surface area contributed by atoms with Crippen LogP contribution >= 0.6 is 0 Å². The van der Waals surface area contributed by atoms with Gasteiger partial charge in [-0.25, -0.2) is 8.78 Å². The number of ether oxygens (including phenoxy) is 2. The molecule has 3 unspecified atom stereocenters. The van der Waals surface area contributed by atoms with Crippen molar-refractivity contribution < 1.29 is 23.0 Å². The zero-order valence-corrected chi connectivity index (χ0v) is 13.6. The smallest absolute Gasteiger partial charge is 0.226 e. The van der Waals surface area contributed by atoms with Crippen molar-refractivity contribution in [3.05, 3.63) is 35.4 Å². The molecule has 1 aliphatic carbocycles. The van der Waals surface area contributed by atoms with Gasteiger partial charge in [0, 0.05) is 31.8 Å². The maximum absolute atomic E-state index is 13.9. The lowest BCUT2D eigenvalue weighted by Gasteiger charge is -2.38. The van der Waals surface area contributed by atoms with E-state index in [2.05, 4.69) is 0 Å². The van der Waals surface area contributed by atoms with Gasteiger partial charge in [-0.2, -0.15) is 0 Å². The second-order valence-electron chi connectivity index (χ2n) is 7.09. The number of hydrogen-bond acceptors (Lipinski definition) is 3. The molecule has 1 aromatic rings. The first kappa shape index (κ1) is 16.0. The summed E-state index contributed by atoms with van der Waals surface area (Å²) in [7, 11) is 0. The van der Waals surface area contributed by atoms with Crippen LogP contribution in [0.2, 0.25) is 0 Å². The van der Waals surface area contributed by atoms with E-state index in [0.29, 0.717) is 44.5 Å². The number of halogens is 2. The topological polar surface area (TPSA) is 38.8 Å². The van der Waals surface area contributed by atoms with Crippen molar-refractivity contribution in [1.82, 2.24) is 4.90 Å². The molecule has 0 N–H and O–H groups in total. The average molecular weight is 337 g/mol. The molecule has 2 saturated heterocycles. The van der Waals surface area contributed by atoms with E-state index >= 15 is 0 Å². The number of carbonyl (C=O) groups is 1. The van der Waals surface area contributed by atoms with Crippen molar-refractivity contribution in [3.8, 4) is 0 Å². The van der Waals surface area contributed by atoms with Gasteiger partial charge in [0.25, 0.3) is 0 Å². The van der Waals surface area contributed by atoms with Crippen LogP contribution in [0.5, 0.6) is 0 Å². The Balaban J connectivity index is 1.37. The van der Waals surface area contributed by atoms with Crippen LogP contribution in [0.15, 0.2) is 18.2 Å².